The van der Waals surface area contributed by atoms with Gasteiger partial charge in [-0.1, -0.05) is 18.2 Å². The van der Waals surface area contributed by atoms with E-state index in [9.17, 15) is 10.2 Å². The Morgan fingerprint density at radius 1 is 1.12 bits per heavy atom. The second kappa shape index (κ2) is 7.11. The number of methoxy groups -OCH3 is 1. The summed E-state index contributed by atoms with van der Waals surface area (Å²) in [7, 11) is 1.59. The average molecular weight is 330 g/mol. The minimum Gasteiger partial charge on any atom is -0.508 e. The molecule has 24 heavy (non-hydrogen) atoms. The standard InChI is InChI=1S/C19H22O5/c1-23-17-10-12(3-2-8-20)9-15-16(11-21)18(24-19(15)17)13-4-6-14(22)7-5-13/h4-7,9-10,16,18,20-22H,2-3,8,11H2,1H3/t16-,18+/m0/s1. The maximum atomic E-state index is 9.92. The fourth-order valence-electron chi connectivity index (χ4n) is 3.19. The second-order valence-corrected chi connectivity index (χ2v) is 5.96. The zero-order valence-electron chi connectivity index (χ0n) is 13.6. The smallest absolute Gasteiger partial charge is 0.165 e. The summed E-state index contributed by atoms with van der Waals surface area (Å²) < 4.78 is 11.6. The van der Waals surface area contributed by atoms with E-state index in [1.807, 2.05) is 12.1 Å². The number of aliphatic hydroxyl groups excluding tert-OH is 2. The van der Waals surface area contributed by atoms with Gasteiger partial charge >= 0.3 is 0 Å². The molecule has 1 aliphatic heterocycles. The maximum Gasteiger partial charge on any atom is 0.165 e. The zero-order valence-corrected chi connectivity index (χ0v) is 13.6. The molecule has 0 unspecified atom stereocenters. The number of fused-ring (bicyclic) bond motifs is 1. The highest BCUT2D eigenvalue weighted by Crippen LogP contribution is 2.50. The number of ether oxygens (including phenoxy) is 2. The number of phenolic OH excluding ortho intramolecular Hbond substituents is 1. The summed E-state index contributed by atoms with van der Waals surface area (Å²) in [6.45, 7) is 0.0839. The third kappa shape index (κ3) is 3.05. The lowest BCUT2D eigenvalue weighted by atomic mass is 9.90. The number of phenols is 1. The predicted molar refractivity (Wildman–Crippen MR) is 89.7 cm³/mol. The van der Waals surface area contributed by atoms with Gasteiger partial charge in [-0.05, 0) is 42.2 Å². The van der Waals surface area contributed by atoms with Gasteiger partial charge in [-0.2, -0.15) is 0 Å². The number of rotatable bonds is 6. The number of benzene rings is 2. The normalized spacial score (nSPS) is 19.0. The molecule has 0 saturated carbocycles. The minimum atomic E-state index is -0.326. The molecule has 0 amide bonds. The molecule has 0 radical (unpaired) electrons. The van der Waals surface area contributed by atoms with E-state index in [4.69, 9.17) is 14.6 Å². The van der Waals surface area contributed by atoms with Crippen LogP contribution in [0.2, 0.25) is 0 Å². The lowest BCUT2D eigenvalue weighted by Gasteiger charge is -2.17. The Balaban J connectivity index is 1.98. The molecule has 1 heterocycles. The third-order valence-corrected chi connectivity index (χ3v) is 4.41. The molecule has 2 aromatic carbocycles. The molecule has 5 heteroatoms. The van der Waals surface area contributed by atoms with Gasteiger partial charge in [0.25, 0.3) is 0 Å². The van der Waals surface area contributed by atoms with E-state index < -0.39 is 0 Å². The Hall–Kier alpha value is -2.24. The van der Waals surface area contributed by atoms with E-state index in [1.165, 1.54) is 0 Å². The summed E-state index contributed by atoms with van der Waals surface area (Å²) >= 11 is 0. The Labute approximate surface area is 141 Å². The molecule has 2 atom stereocenters. The van der Waals surface area contributed by atoms with Crippen LogP contribution in [0.25, 0.3) is 0 Å². The van der Waals surface area contributed by atoms with Crippen molar-refractivity contribution >= 4 is 0 Å². The molecule has 0 bridgehead atoms. The first-order valence-electron chi connectivity index (χ1n) is 8.06. The fourth-order valence-corrected chi connectivity index (χ4v) is 3.19. The highest BCUT2D eigenvalue weighted by atomic mass is 16.5. The van der Waals surface area contributed by atoms with E-state index in [1.54, 1.807) is 31.4 Å². The molecule has 3 N–H and O–H groups in total. The lowest BCUT2D eigenvalue weighted by molar-refractivity contribution is 0.157. The summed E-state index contributed by atoms with van der Waals surface area (Å²) in [5.41, 5.74) is 2.86. The van der Waals surface area contributed by atoms with Crippen LogP contribution >= 0.6 is 0 Å². The first-order valence-corrected chi connectivity index (χ1v) is 8.06. The minimum absolute atomic E-state index is 0.0504. The van der Waals surface area contributed by atoms with Crippen molar-refractivity contribution in [3.63, 3.8) is 0 Å². The Morgan fingerprint density at radius 3 is 2.50 bits per heavy atom. The molecule has 0 aliphatic carbocycles. The van der Waals surface area contributed by atoms with Crippen LogP contribution in [0, 0.1) is 0 Å². The summed E-state index contributed by atoms with van der Waals surface area (Å²) in [4.78, 5) is 0. The lowest BCUT2D eigenvalue weighted by Crippen LogP contribution is -2.13. The van der Waals surface area contributed by atoms with E-state index in [0.29, 0.717) is 17.9 Å². The quantitative estimate of drug-likeness (QED) is 0.758. The van der Waals surface area contributed by atoms with Crippen molar-refractivity contribution < 1.29 is 24.8 Å². The molecule has 0 fully saturated rings. The SMILES string of the molecule is COc1cc(CCCO)cc2c1O[C@H](c1ccc(O)cc1)[C@H]2CO. The van der Waals surface area contributed by atoms with Crippen molar-refractivity contribution in [1.29, 1.82) is 0 Å². The van der Waals surface area contributed by atoms with Crippen LogP contribution in [-0.2, 0) is 6.42 Å². The molecule has 0 saturated heterocycles. The van der Waals surface area contributed by atoms with Gasteiger partial charge in [0.1, 0.15) is 11.9 Å². The molecule has 1 aliphatic rings. The van der Waals surface area contributed by atoms with Gasteiger partial charge in [0.15, 0.2) is 11.5 Å². The van der Waals surface area contributed by atoms with Crippen molar-refractivity contribution in [3.05, 3.63) is 53.1 Å². The average Bonchev–Trinajstić information content (AvgIpc) is 2.98. The van der Waals surface area contributed by atoms with Crippen molar-refractivity contribution in [1.82, 2.24) is 0 Å². The molecule has 5 nitrogen and oxygen atoms in total. The second-order valence-electron chi connectivity index (χ2n) is 5.96. The van der Waals surface area contributed by atoms with Gasteiger partial charge < -0.3 is 24.8 Å². The fraction of sp³-hybridized carbons (Fsp3) is 0.368. The summed E-state index contributed by atoms with van der Waals surface area (Å²) in [5, 5.41) is 28.4. The molecule has 128 valence electrons. The van der Waals surface area contributed by atoms with Crippen LogP contribution in [0.4, 0.5) is 0 Å². The number of aliphatic hydroxyl groups is 2. The molecule has 2 aromatic rings. The number of hydrogen-bond donors (Lipinski definition) is 3. The maximum absolute atomic E-state index is 9.92. The molecule has 0 aromatic heterocycles. The molecular weight excluding hydrogens is 308 g/mol. The van der Waals surface area contributed by atoms with E-state index in [-0.39, 0.29) is 31.0 Å². The van der Waals surface area contributed by atoms with Gasteiger partial charge in [0.05, 0.1) is 19.6 Å². The first kappa shape index (κ1) is 16.6. The van der Waals surface area contributed by atoms with Crippen LogP contribution < -0.4 is 9.47 Å². The van der Waals surface area contributed by atoms with Crippen LogP contribution in [0.5, 0.6) is 17.2 Å². The monoisotopic (exact) mass is 330 g/mol. The van der Waals surface area contributed by atoms with Crippen molar-refractivity contribution in [2.75, 3.05) is 20.3 Å². The summed E-state index contributed by atoms with van der Waals surface area (Å²) in [6.07, 6.45) is 1.09. The van der Waals surface area contributed by atoms with E-state index >= 15 is 0 Å². The van der Waals surface area contributed by atoms with Crippen LogP contribution in [0.3, 0.4) is 0 Å². The molecular formula is C19H22O5. The van der Waals surface area contributed by atoms with Gasteiger partial charge in [-0.15, -0.1) is 0 Å². The van der Waals surface area contributed by atoms with Gasteiger partial charge in [-0.3, -0.25) is 0 Å². The van der Waals surface area contributed by atoms with Gasteiger partial charge in [0.2, 0.25) is 0 Å². The Bertz CT molecular complexity index is 696. The summed E-state index contributed by atoms with van der Waals surface area (Å²) in [5.74, 6) is 1.29. The van der Waals surface area contributed by atoms with Crippen molar-refractivity contribution in [2.45, 2.75) is 24.9 Å². The third-order valence-electron chi connectivity index (χ3n) is 4.41. The van der Waals surface area contributed by atoms with Gasteiger partial charge in [-0.25, -0.2) is 0 Å². The first-order chi connectivity index (χ1) is 11.7. The zero-order chi connectivity index (χ0) is 17.1. The number of aromatic hydroxyl groups is 1. The highest BCUT2D eigenvalue weighted by Gasteiger charge is 2.37. The van der Waals surface area contributed by atoms with Crippen LogP contribution in [0.1, 0.15) is 35.1 Å². The Kier molecular flexibility index (Phi) is 4.92. The summed E-state index contributed by atoms with van der Waals surface area (Å²) in [6, 6.07) is 10.8. The van der Waals surface area contributed by atoms with E-state index in [2.05, 4.69) is 0 Å². The van der Waals surface area contributed by atoms with E-state index in [0.717, 1.165) is 23.1 Å². The number of hydrogen-bond acceptors (Lipinski definition) is 5. The largest absolute Gasteiger partial charge is 0.508 e. The highest BCUT2D eigenvalue weighted by molar-refractivity contribution is 5.55. The number of aryl methyl sites for hydroxylation is 1. The van der Waals surface area contributed by atoms with Crippen LogP contribution in [-0.4, -0.2) is 35.6 Å². The van der Waals surface area contributed by atoms with Crippen molar-refractivity contribution in [2.24, 2.45) is 0 Å². The Morgan fingerprint density at radius 2 is 1.88 bits per heavy atom. The predicted octanol–water partition coefficient (Wildman–Crippen LogP) is 2.54. The van der Waals surface area contributed by atoms with Crippen LogP contribution in [0.15, 0.2) is 36.4 Å². The molecule has 0 spiro atoms. The molecule has 3 rings (SSSR count). The van der Waals surface area contributed by atoms with Crippen molar-refractivity contribution in [3.8, 4) is 17.2 Å². The van der Waals surface area contributed by atoms with Gasteiger partial charge in [0, 0.05) is 12.2 Å². The topological polar surface area (TPSA) is 79.2 Å².